The lowest BCUT2D eigenvalue weighted by Crippen LogP contribution is -2.25. The molecule has 1 N–H and O–H groups in total. The molecule has 0 heterocycles. The Kier molecular flexibility index (Phi) is 1.81. The van der Waals surface area contributed by atoms with Crippen LogP contribution in [0.2, 0.25) is 0 Å². The number of hydrogen-bond acceptors (Lipinski definition) is 1. The van der Waals surface area contributed by atoms with Crippen molar-refractivity contribution in [2.45, 2.75) is 18.8 Å². The molecule has 0 aromatic rings. The number of carboxylic acids is 1. The third-order valence-electron chi connectivity index (χ3n) is 1.28. The molecule has 1 aliphatic rings. The second-order valence-corrected chi connectivity index (χ2v) is 2.42. The highest BCUT2D eigenvalue weighted by Gasteiger charge is 2.36. The standard InChI is InChI=1S/C7H6F2O2/c8-7(9,6(10)11)4-3-5-1-2-5/h5H,1-2H2,(H,10,11). The summed E-state index contributed by atoms with van der Waals surface area (Å²) >= 11 is 0. The summed E-state index contributed by atoms with van der Waals surface area (Å²) in [6.07, 6.45) is 1.62. The number of hydrogen-bond donors (Lipinski definition) is 1. The van der Waals surface area contributed by atoms with Crippen LogP contribution in [0.25, 0.3) is 0 Å². The summed E-state index contributed by atoms with van der Waals surface area (Å²) in [6.45, 7) is 0. The fraction of sp³-hybridized carbons (Fsp3) is 0.571. The fourth-order valence-corrected chi connectivity index (χ4v) is 0.474. The third-order valence-corrected chi connectivity index (χ3v) is 1.28. The molecule has 4 heteroatoms. The van der Waals surface area contributed by atoms with Crippen LogP contribution in [0.1, 0.15) is 12.8 Å². The van der Waals surface area contributed by atoms with Gasteiger partial charge in [-0.05, 0) is 18.8 Å². The van der Waals surface area contributed by atoms with E-state index in [4.69, 9.17) is 5.11 Å². The van der Waals surface area contributed by atoms with Crippen molar-refractivity contribution in [1.29, 1.82) is 0 Å². The number of carbonyl (C=O) groups is 1. The minimum Gasteiger partial charge on any atom is -0.476 e. The van der Waals surface area contributed by atoms with Gasteiger partial charge in [0.05, 0.1) is 0 Å². The molecule has 1 rings (SSSR count). The molecular weight excluding hydrogens is 154 g/mol. The SMILES string of the molecule is O=C(O)C(F)(F)C#CC1CC1. The van der Waals surface area contributed by atoms with Crippen LogP contribution < -0.4 is 0 Å². The van der Waals surface area contributed by atoms with E-state index < -0.39 is 11.9 Å². The van der Waals surface area contributed by atoms with Crippen LogP contribution in [0.15, 0.2) is 0 Å². The first-order chi connectivity index (χ1) is 5.02. The van der Waals surface area contributed by atoms with E-state index in [1.807, 2.05) is 0 Å². The van der Waals surface area contributed by atoms with Crippen molar-refractivity contribution in [2.24, 2.45) is 5.92 Å². The van der Waals surface area contributed by atoms with Gasteiger partial charge in [0.2, 0.25) is 0 Å². The van der Waals surface area contributed by atoms with Crippen molar-refractivity contribution < 1.29 is 18.7 Å². The molecule has 0 radical (unpaired) electrons. The van der Waals surface area contributed by atoms with E-state index in [-0.39, 0.29) is 5.92 Å². The first-order valence-electron chi connectivity index (χ1n) is 3.16. The first-order valence-corrected chi connectivity index (χ1v) is 3.16. The molecule has 0 atom stereocenters. The topological polar surface area (TPSA) is 37.3 Å². The van der Waals surface area contributed by atoms with E-state index >= 15 is 0 Å². The van der Waals surface area contributed by atoms with Gasteiger partial charge in [0.15, 0.2) is 0 Å². The van der Waals surface area contributed by atoms with Crippen LogP contribution in [0.4, 0.5) is 8.78 Å². The molecule has 0 saturated heterocycles. The highest BCUT2D eigenvalue weighted by molar-refractivity contribution is 5.79. The highest BCUT2D eigenvalue weighted by Crippen LogP contribution is 2.28. The number of carboxylic acid groups (broad SMARTS) is 1. The van der Waals surface area contributed by atoms with Gasteiger partial charge in [-0.1, -0.05) is 5.92 Å². The maximum Gasteiger partial charge on any atom is 0.402 e. The lowest BCUT2D eigenvalue weighted by molar-refractivity contribution is -0.156. The first kappa shape index (κ1) is 7.99. The fourth-order valence-electron chi connectivity index (χ4n) is 0.474. The molecule has 60 valence electrons. The van der Waals surface area contributed by atoms with Gasteiger partial charge in [0.1, 0.15) is 0 Å². The molecule has 0 amide bonds. The van der Waals surface area contributed by atoms with E-state index in [9.17, 15) is 13.6 Å². The summed E-state index contributed by atoms with van der Waals surface area (Å²) in [7, 11) is 0. The van der Waals surface area contributed by atoms with E-state index in [2.05, 4.69) is 5.92 Å². The van der Waals surface area contributed by atoms with Gasteiger partial charge in [-0.2, -0.15) is 8.78 Å². The van der Waals surface area contributed by atoms with Crippen LogP contribution >= 0.6 is 0 Å². The number of aliphatic carboxylic acids is 1. The zero-order valence-corrected chi connectivity index (χ0v) is 5.60. The van der Waals surface area contributed by atoms with Crippen molar-refractivity contribution in [2.75, 3.05) is 0 Å². The summed E-state index contributed by atoms with van der Waals surface area (Å²) < 4.78 is 24.3. The monoisotopic (exact) mass is 160 g/mol. The maximum absolute atomic E-state index is 12.2. The Morgan fingerprint density at radius 1 is 1.55 bits per heavy atom. The van der Waals surface area contributed by atoms with Gasteiger partial charge < -0.3 is 5.11 Å². The highest BCUT2D eigenvalue weighted by atomic mass is 19.3. The van der Waals surface area contributed by atoms with Gasteiger partial charge in [0.25, 0.3) is 0 Å². The molecule has 1 fully saturated rings. The summed E-state index contributed by atoms with van der Waals surface area (Å²) in [6, 6.07) is 0. The lowest BCUT2D eigenvalue weighted by atomic mass is 10.3. The minimum absolute atomic E-state index is 0.000208. The number of halogens is 2. The van der Waals surface area contributed by atoms with E-state index in [0.29, 0.717) is 0 Å². The summed E-state index contributed by atoms with van der Waals surface area (Å²) in [4.78, 5) is 9.80. The molecule has 1 aliphatic carbocycles. The molecule has 0 aliphatic heterocycles. The van der Waals surface area contributed by atoms with Gasteiger partial charge in [-0.25, -0.2) is 4.79 Å². The summed E-state index contributed by atoms with van der Waals surface area (Å²) in [5.74, 6) is -2.41. The number of rotatable bonds is 1. The molecule has 1 saturated carbocycles. The average Bonchev–Trinajstić information content (AvgIpc) is 2.65. The second-order valence-electron chi connectivity index (χ2n) is 2.42. The smallest absolute Gasteiger partial charge is 0.402 e. The lowest BCUT2D eigenvalue weighted by Gasteiger charge is -1.99. The Balaban J connectivity index is 2.58. The summed E-state index contributed by atoms with van der Waals surface area (Å²) in [5.41, 5.74) is 0. The Labute approximate surface area is 62.2 Å². The van der Waals surface area contributed by atoms with Gasteiger partial charge in [-0.3, -0.25) is 0 Å². The van der Waals surface area contributed by atoms with Crippen LogP contribution in [-0.2, 0) is 4.79 Å². The zero-order valence-electron chi connectivity index (χ0n) is 5.60. The Morgan fingerprint density at radius 3 is 2.45 bits per heavy atom. The van der Waals surface area contributed by atoms with Crippen LogP contribution in [0, 0.1) is 17.8 Å². The van der Waals surface area contributed by atoms with Gasteiger partial charge in [-0.15, -0.1) is 0 Å². The van der Waals surface area contributed by atoms with Crippen LogP contribution in [-0.4, -0.2) is 17.0 Å². The van der Waals surface area contributed by atoms with Crippen molar-refractivity contribution >= 4 is 5.97 Å². The van der Waals surface area contributed by atoms with E-state index in [1.165, 1.54) is 5.92 Å². The molecule has 0 spiro atoms. The molecule has 0 unspecified atom stereocenters. The maximum atomic E-state index is 12.2. The Bertz CT molecular complexity index is 233. The Hall–Kier alpha value is -1.11. The minimum atomic E-state index is -3.87. The largest absolute Gasteiger partial charge is 0.476 e. The quantitative estimate of drug-likeness (QED) is 0.583. The molecule has 0 aromatic heterocycles. The molecule has 11 heavy (non-hydrogen) atoms. The predicted molar refractivity (Wildman–Crippen MR) is 33.1 cm³/mol. The van der Waals surface area contributed by atoms with Crippen molar-refractivity contribution in [3.63, 3.8) is 0 Å². The average molecular weight is 160 g/mol. The molecule has 0 bridgehead atoms. The number of alkyl halides is 2. The molecular formula is C7H6F2O2. The van der Waals surface area contributed by atoms with E-state index in [0.717, 1.165) is 12.8 Å². The van der Waals surface area contributed by atoms with Crippen molar-refractivity contribution in [3.05, 3.63) is 0 Å². The molecule has 0 aromatic carbocycles. The van der Waals surface area contributed by atoms with Crippen molar-refractivity contribution in [3.8, 4) is 11.8 Å². The summed E-state index contributed by atoms with van der Waals surface area (Å²) in [5, 5.41) is 7.92. The van der Waals surface area contributed by atoms with Gasteiger partial charge in [0, 0.05) is 5.92 Å². The van der Waals surface area contributed by atoms with Crippen molar-refractivity contribution in [1.82, 2.24) is 0 Å². The second kappa shape index (κ2) is 2.50. The zero-order chi connectivity index (χ0) is 8.48. The Morgan fingerprint density at radius 2 is 2.09 bits per heavy atom. The predicted octanol–water partition coefficient (Wildman–Crippen LogP) is 1.12. The molecule has 2 nitrogen and oxygen atoms in total. The van der Waals surface area contributed by atoms with Crippen LogP contribution in [0.5, 0.6) is 0 Å². The van der Waals surface area contributed by atoms with E-state index in [1.54, 1.807) is 0 Å². The normalized spacial score (nSPS) is 16.9. The van der Waals surface area contributed by atoms with Gasteiger partial charge >= 0.3 is 11.9 Å². The third kappa shape index (κ3) is 2.19. The van der Waals surface area contributed by atoms with Crippen LogP contribution in [0.3, 0.4) is 0 Å².